The summed E-state index contributed by atoms with van der Waals surface area (Å²) in [4.78, 5) is 24.7. The van der Waals surface area contributed by atoms with E-state index in [0.717, 1.165) is 5.56 Å². The summed E-state index contributed by atoms with van der Waals surface area (Å²) < 4.78 is 5.79. The van der Waals surface area contributed by atoms with Crippen molar-refractivity contribution < 1.29 is 14.3 Å². The zero-order valence-corrected chi connectivity index (χ0v) is 16.0. The molecule has 0 aliphatic carbocycles. The Hall–Kier alpha value is -3.31. The van der Waals surface area contributed by atoms with Gasteiger partial charge in [0.25, 0.3) is 5.91 Å². The molecule has 5 nitrogen and oxygen atoms in total. The summed E-state index contributed by atoms with van der Waals surface area (Å²) in [5, 5.41) is 5.92. The van der Waals surface area contributed by atoms with Crippen LogP contribution in [-0.4, -0.2) is 18.4 Å². The van der Waals surface area contributed by atoms with Gasteiger partial charge in [0, 0.05) is 10.7 Å². The maximum atomic E-state index is 12.5. The summed E-state index contributed by atoms with van der Waals surface area (Å²) in [6, 6.07) is 21.3. The van der Waals surface area contributed by atoms with Crippen LogP contribution >= 0.6 is 11.6 Å². The van der Waals surface area contributed by atoms with Crippen LogP contribution in [0, 0.1) is 6.92 Å². The Morgan fingerprint density at radius 1 is 0.929 bits per heavy atom. The molecule has 0 unspecified atom stereocenters. The smallest absolute Gasteiger partial charge is 0.255 e. The van der Waals surface area contributed by atoms with Crippen LogP contribution < -0.4 is 15.4 Å². The van der Waals surface area contributed by atoms with Crippen LogP contribution in [0.15, 0.2) is 72.8 Å². The van der Waals surface area contributed by atoms with Crippen LogP contribution in [0.4, 0.5) is 5.69 Å². The third kappa shape index (κ3) is 4.90. The van der Waals surface area contributed by atoms with Gasteiger partial charge in [-0.2, -0.15) is 0 Å². The number of anilines is 1. The maximum absolute atomic E-state index is 12.5. The van der Waals surface area contributed by atoms with Gasteiger partial charge in [0.2, 0.25) is 5.91 Å². The van der Waals surface area contributed by atoms with E-state index in [2.05, 4.69) is 10.6 Å². The number of rotatable bonds is 6. The molecule has 2 amide bonds. The van der Waals surface area contributed by atoms with E-state index < -0.39 is 5.91 Å². The molecule has 3 aromatic carbocycles. The van der Waals surface area contributed by atoms with Gasteiger partial charge in [-0.05, 0) is 48.9 Å². The number of hydrogen-bond donors (Lipinski definition) is 2. The predicted octanol–water partition coefficient (Wildman–Crippen LogP) is 4.81. The lowest BCUT2D eigenvalue weighted by molar-refractivity contribution is -0.115. The highest BCUT2D eigenvalue weighted by molar-refractivity contribution is 6.31. The molecule has 28 heavy (non-hydrogen) atoms. The van der Waals surface area contributed by atoms with Crippen molar-refractivity contribution in [3.63, 3.8) is 0 Å². The summed E-state index contributed by atoms with van der Waals surface area (Å²) in [5.41, 5.74) is 1.73. The van der Waals surface area contributed by atoms with Gasteiger partial charge in [0.1, 0.15) is 11.5 Å². The first-order valence-electron chi connectivity index (χ1n) is 8.69. The normalized spacial score (nSPS) is 10.2. The molecule has 0 radical (unpaired) electrons. The van der Waals surface area contributed by atoms with Gasteiger partial charge in [-0.1, -0.05) is 48.0 Å². The molecular formula is C22H19ClN2O3. The summed E-state index contributed by atoms with van der Waals surface area (Å²) >= 11 is 6.05. The van der Waals surface area contributed by atoms with E-state index in [1.54, 1.807) is 54.6 Å². The maximum Gasteiger partial charge on any atom is 0.255 e. The van der Waals surface area contributed by atoms with Crippen molar-refractivity contribution in [2.24, 2.45) is 0 Å². The molecule has 0 aliphatic rings. The van der Waals surface area contributed by atoms with E-state index in [-0.39, 0.29) is 12.5 Å². The van der Waals surface area contributed by atoms with E-state index in [4.69, 9.17) is 16.3 Å². The highest BCUT2D eigenvalue weighted by atomic mass is 35.5. The Morgan fingerprint density at radius 2 is 1.64 bits per heavy atom. The molecule has 0 saturated heterocycles. The summed E-state index contributed by atoms with van der Waals surface area (Å²) in [5.74, 6) is 0.291. The lowest BCUT2D eigenvalue weighted by Crippen LogP contribution is -2.33. The van der Waals surface area contributed by atoms with Crippen LogP contribution in [0.1, 0.15) is 15.9 Å². The molecule has 0 heterocycles. The quantitative estimate of drug-likeness (QED) is 0.630. The molecule has 0 saturated carbocycles. The fraction of sp³-hybridized carbons (Fsp3) is 0.0909. The fourth-order valence-corrected chi connectivity index (χ4v) is 2.73. The summed E-state index contributed by atoms with van der Waals surface area (Å²) in [6.45, 7) is 1.64. The van der Waals surface area contributed by atoms with Crippen LogP contribution in [0.5, 0.6) is 11.5 Å². The van der Waals surface area contributed by atoms with E-state index in [0.29, 0.717) is 27.8 Å². The first kappa shape index (κ1) is 19.5. The number of carbonyl (C=O) groups is 2. The van der Waals surface area contributed by atoms with E-state index >= 15 is 0 Å². The monoisotopic (exact) mass is 394 g/mol. The molecule has 0 aliphatic heterocycles. The van der Waals surface area contributed by atoms with Gasteiger partial charge in [-0.3, -0.25) is 9.59 Å². The molecule has 6 heteroatoms. The van der Waals surface area contributed by atoms with Gasteiger partial charge in [-0.15, -0.1) is 0 Å². The SMILES string of the molecule is Cc1c(Cl)cccc1NC(=O)CNC(=O)c1ccccc1Oc1ccccc1. The van der Waals surface area contributed by atoms with E-state index in [1.165, 1.54) is 0 Å². The van der Waals surface area contributed by atoms with Gasteiger partial charge in [0.15, 0.2) is 0 Å². The summed E-state index contributed by atoms with van der Waals surface area (Å²) in [7, 11) is 0. The van der Waals surface area contributed by atoms with Crippen LogP contribution in [0.2, 0.25) is 5.02 Å². The second-order valence-corrected chi connectivity index (χ2v) is 6.46. The first-order chi connectivity index (χ1) is 13.5. The van der Waals surface area contributed by atoms with Gasteiger partial charge in [0.05, 0.1) is 12.1 Å². The van der Waals surface area contributed by atoms with Crippen molar-refractivity contribution in [3.8, 4) is 11.5 Å². The van der Waals surface area contributed by atoms with Crippen LogP contribution in [-0.2, 0) is 4.79 Å². The molecule has 0 bridgehead atoms. The molecule has 3 aromatic rings. The van der Waals surface area contributed by atoms with Crippen molar-refractivity contribution in [2.75, 3.05) is 11.9 Å². The predicted molar refractivity (Wildman–Crippen MR) is 110 cm³/mol. The van der Waals surface area contributed by atoms with Crippen LogP contribution in [0.25, 0.3) is 0 Å². The van der Waals surface area contributed by atoms with Crippen molar-refractivity contribution in [3.05, 3.63) is 88.9 Å². The van der Waals surface area contributed by atoms with Gasteiger partial charge in [-0.25, -0.2) is 0 Å². The molecule has 2 N–H and O–H groups in total. The van der Waals surface area contributed by atoms with Crippen molar-refractivity contribution in [1.82, 2.24) is 5.32 Å². The Morgan fingerprint density at radius 3 is 2.43 bits per heavy atom. The Balaban J connectivity index is 1.63. The van der Waals surface area contributed by atoms with E-state index in [9.17, 15) is 9.59 Å². The standard InChI is InChI=1S/C22H19ClN2O3/c1-15-18(23)11-7-12-19(15)25-21(26)14-24-22(27)17-10-5-6-13-20(17)28-16-8-3-2-4-9-16/h2-13H,14H2,1H3,(H,24,27)(H,25,26). The molecule has 0 spiro atoms. The summed E-state index contributed by atoms with van der Waals surface area (Å²) in [6.07, 6.45) is 0. The third-order valence-electron chi connectivity index (χ3n) is 4.05. The molecule has 0 aromatic heterocycles. The third-order valence-corrected chi connectivity index (χ3v) is 4.46. The molecule has 0 fully saturated rings. The molecule has 142 valence electrons. The molecular weight excluding hydrogens is 376 g/mol. The Bertz CT molecular complexity index is 990. The number of amides is 2. The second-order valence-electron chi connectivity index (χ2n) is 6.05. The number of nitrogens with one attached hydrogen (secondary N) is 2. The molecule has 3 rings (SSSR count). The zero-order chi connectivity index (χ0) is 19.9. The number of carbonyl (C=O) groups excluding carboxylic acids is 2. The van der Waals surface area contributed by atoms with Crippen molar-refractivity contribution >= 4 is 29.1 Å². The van der Waals surface area contributed by atoms with Crippen LogP contribution in [0.3, 0.4) is 0 Å². The molecule has 0 atom stereocenters. The topological polar surface area (TPSA) is 67.4 Å². The van der Waals surface area contributed by atoms with Crippen molar-refractivity contribution in [1.29, 1.82) is 0 Å². The average Bonchev–Trinajstić information content (AvgIpc) is 2.71. The largest absolute Gasteiger partial charge is 0.457 e. The van der Waals surface area contributed by atoms with Gasteiger partial charge < -0.3 is 15.4 Å². The van der Waals surface area contributed by atoms with Crippen molar-refractivity contribution in [2.45, 2.75) is 6.92 Å². The Kier molecular flexibility index (Phi) is 6.29. The zero-order valence-electron chi connectivity index (χ0n) is 15.2. The number of benzene rings is 3. The average molecular weight is 395 g/mol. The highest BCUT2D eigenvalue weighted by Crippen LogP contribution is 2.25. The minimum Gasteiger partial charge on any atom is -0.457 e. The minimum absolute atomic E-state index is 0.176. The Labute approximate surface area is 168 Å². The number of halogens is 1. The second kappa shape index (κ2) is 9.06. The number of hydrogen-bond acceptors (Lipinski definition) is 3. The number of ether oxygens (including phenoxy) is 1. The minimum atomic E-state index is -0.399. The highest BCUT2D eigenvalue weighted by Gasteiger charge is 2.14. The fourth-order valence-electron chi connectivity index (χ4n) is 2.55. The lowest BCUT2D eigenvalue weighted by Gasteiger charge is -2.12. The van der Waals surface area contributed by atoms with E-state index in [1.807, 2.05) is 25.1 Å². The first-order valence-corrected chi connectivity index (χ1v) is 9.07. The lowest BCUT2D eigenvalue weighted by atomic mass is 10.2. The number of para-hydroxylation sites is 2. The van der Waals surface area contributed by atoms with Gasteiger partial charge >= 0.3 is 0 Å².